The number of hydrogen-bond acceptors (Lipinski definition) is 4. The Kier molecular flexibility index (Phi) is 4.90. The number of anilines is 1. The number of nitro benzene ring substituents is 1. The highest BCUT2D eigenvalue weighted by Crippen LogP contribution is 2.24. The SMILES string of the molecule is Cc1ccc(N2CCN(C(=O)c3cc([N+](=O)[O-])ccc3Cl)CC2)cc1. The number of nitrogens with zero attached hydrogens (tertiary/aromatic N) is 3. The van der Waals surface area contributed by atoms with Gasteiger partial charge in [0.1, 0.15) is 0 Å². The topological polar surface area (TPSA) is 66.7 Å². The minimum Gasteiger partial charge on any atom is -0.368 e. The molecule has 7 heteroatoms. The van der Waals surface area contributed by atoms with E-state index in [1.54, 1.807) is 4.90 Å². The van der Waals surface area contributed by atoms with Crippen molar-refractivity contribution in [1.82, 2.24) is 4.90 Å². The van der Waals surface area contributed by atoms with Gasteiger partial charge in [0.15, 0.2) is 0 Å². The summed E-state index contributed by atoms with van der Waals surface area (Å²) in [5.41, 5.74) is 2.38. The first-order chi connectivity index (χ1) is 12.0. The summed E-state index contributed by atoms with van der Waals surface area (Å²) in [6, 6.07) is 12.2. The van der Waals surface area contributed by atoms with Gasteiger partial charge in [-0.15, -0.1) is 0 Å². The van der Waals surface area contributed by atoms with Gasteiger partial charge in [0.25, 0.3) is 11.6 Å². The number of piperazine rings is 1. The van der Waals surface area contributed by atoms with Crippen molar-refractivity contribution < 1.29 is 9.72 Å². The third-order valence-corrected chi connectivity index (χ3v) is 4.69. The van der Waals surface area contributed by atoms with Crippen molar-refractivity contribution in [2.75, 3.05) is 31.1 Å². The maximum Gasteiger partial charge on any atom is 0.270 e. The molecule has 0 saturated carbocycles. The highest BCUT2D eigenvalue weighted by molar-refractivity contribution is 6.33. The van der Waals surface area contributed by atoms with E-state index in [1.807, 2.05) is 6.92 Å². The van der Waals surface area contributed by atoms with Crippen LogP contribution in [0.2, 0.25) is 5.02 Å². The molecule has 25 heavy (non-hydrogen) atoms. The fraction of sp³-hybridized carbons (Fsp3) is 0.278. The van der Waals surface area contributed by atoms with Crippen molar-refractivity contribution in [1.29, 1.82) is 0 Å². The van der Waals surface area contributed by atoms with Crippen molar-refractivity contribution in [2.45, 2.75) is 6.92 Å². The number of rotatable bonds is 3. The van der Waals surface area contributed by atoms with Gasteiger partial charge in [0, 0.05) is 44.0 Å². The molecule has 0 radical (unpaired) electrons. The number of amides is 1. The van der Waals surface area contributed by atoms with Gasteiger partial charge in [0.2, 0.25) is 0 Å². The molecule has 0 spiro atoms. The molecule has 1 saturated heterocycles. The van der Waals surface area contributed by atoms with Crippen LogP contribution in [-0.2, 0) is 0 Å². The van der Waals surface area contributed by atoms with Crippen molar-refractivity contribution >= 4 is 28.9 Å². The van der Waals surface area contributed by atoms with Gasteiger partial charge < -0.3 is 9.80 Å². The third-order valence-electron chi connectivity index (χ3n) is 4.36. The van der Waals surface area contributed by atoms with E-state index < -0.39 is 4.92 Å². The van der Waals surface area contributed by atoms with Gasteiger partial charge in [-0.2, -0.15) is 0 Å². The molecule has 2 aromatic carbocycles. The average molecular weight is 360 g/mol. The summed E-state index contributed by atoms with van der Waals surface area (Å²) < 4.78 is 0. The zero-order valence-corrected chi connectivity index (χ0v) is 14.6. The fourth-order valence-electron chi connectivity index (χ4n) is 2.88. The predicted molar refractivity (Wildman–Crippen MR) is 97.4 cm³/mol. The van der Waals surface area contributed by atoms with E-state index in [1.165, 1.54) is 23.8 Å². The van der Waals surface area contributed by atoms with Crippen LogP contribution in [0, 0.1) is 17.0 Å². The Hall–Kier alpha value is -2.60. The summed E-state index contributed by atoms with van der Waals surface area (Å²) in [4.78, 5) is 27.0. The molecule has 130 valence electrons. The molecule has 2 aromatic rings. The van der Waals surface area contributed by atoms with Crippen LogP contribution in [0.5, 0.6) is 0 Å². The molecular weight excluding hydrogens is 342 g/mol. The van der Waals surface area contributed by atoms with E-state index in [0.717, 1.165) is 5.69 Å². The Morgan fingerprint density at radius 2 is 1.72 bits per heavy atom. The molecule has 0 bridgehead atoms. The zero-order valence-electron chi connectivity index (χ0n) is 13.8. The van der Waals surface area contributed by atoms with E-state index in [-0.39, 0.29) is 22.2 Å². The summed E-state index contributed by atoms with van der Waals surface area (Å²) in [6.45, 7) is 4.56. The second-order valence-electron chi connectivity index (χ2n) is 6.04. The first-order valence-corrected chi connectivity index (χ1v) is 8.38. The molecule has 6 nitrogen and oxygen atoms in total. The molecule has 0 N–H and O–H groups in total. The molecule has 1 fully saturated rings. The average Bonchev–Trinajstić information content (AvgIpc) is 2.62. The highest BCUT2D eigenvalue weighted by atomic mass is 35.5. The first kappa shape index (κ1) is 17.2. The summed E-state index contributed by atoms with van der Waals surface area (Å²) >= 11 is 6.07. The van der Waals surface area contributed by atoms with Crippen LogP contribution in [0.25, 0.3) is 0 Å². The van der Waals surface area contributed by atoms with Crippen LogP contribution in [0.4, 0.5) is 11.4 Å². The normalized spacial score (nSPS) is 14.5. The van der Waals surface area contributed by atoms with Gasteiger partial charge in [-0.05, 0) is 25.1 Å². The van der Waals surface area contributed by atoms with E-state index in [4.69, 9.17) is 11.6 Å². The van der Waals surface area contributed by atoms with Crippen LogP contribution >= 0.6 is 11.6 Å². The molecule has 0 atom stereocenters. The monoisotopic (exact) mass is 359 g/mol. The van der Waals surface area contributed by atoms with Crippen molar-refractivity contribution in [3.8, 4) is 0 Å². The largest absolute Gasteiger partial charge is 0.368 e. The van der Waals surface area contributed by atoms with Gasteiger partial charge in [0.05, 0.1) is 15.5 Å². The Bertz CT molecular complexity index is 800. The number of hydrogen-bond donors (Lipinski definition) is 0. The van der Waals surface area contributed by atoms with Crippen LogP contribution in [-0.4, -0.2) is 41.9 Å². The minimum absolute atomic E-state index is 0.133. The molecule has 0 unspecified atom stereocenters. The lowest BCUT2D eigenvalue weighted by molar-refractivity contribution is -0.384. The first-order valence-electron chi connectivity index (χ1n) is 8.00. The summed E-state index contributed by atoms with van der Waals surface area (Å²) in [7, 11) is 0. The number of non-ortho nitro benzene ring substituents is 1. The number of carbonyl (C=O) groups excluding carboxylic acids is 1. The van der Waals surface area contributed by atoms with Gasteiger partial charge in [-0.3, -0.25) is 14.9 Å². The molecular formula is C18H18ClN3O3. The van der Waals surface area contributed by atoms with Crippen molar-refractivity contribution in [2.24, 2.45) is 0 Å². The summed E-state index contributed by atoms with van der Waals surface area (Å²) in [6.07, 6.45) is 0. The minimum atomic E-state index is -0.525. The fourth-order valence-corrected chi connectivity index (χ4v) is 3.08. The summed E-state index contributed by atoms with van der Waals surface area (Å²) in [5.74, 6) is -0.266. The van der Waals surface area contributed by atoms with Crippen LogP contribution in [0.15, 0.2) is 42.5 Å². The lowest BCUT2D eigenvalue weighted by Crippen LogP contribution is -2.48. The Morgan fingerprint density at radius 1 is 1.08 bits per heavy atom. The molecule has 0 aromatic heterocycles. The zero-order chi connectivity index (χ0) is 18.0. The Balaban J connectivity index is 1.70. The second kappa shape index (κ2) is 7.11. The molecule has 1 aliphatic rings. The van der Waals surface area contributed by atoms with Gasteiger partial charge in [-0.1, -0.05) is 29.3 Å². The van der Waals surface area contributed by atoms with Gasteiger partial charge in [-0.25, -0.2) is 0 Å². The highest BCUT2D eigenvalue weighted by Gasteiger charge is 2.25. The van der Waals surface area contributed by atoms with E-state index >= 15 is 0 Å². The van der Waals surface area contributed by atoms with Crippen molar-refractivity contribution in [3.63, 3.8) is 0 Å². The second-order valence-corrected chi connectivity index (χ2v) is 6.44. The lowest BCUT2D eigenvalue weighted by Gasteiger charge is -2.36. The smallest absolute Gasteiger partial charge is 0.270 e. The van der Waals surface area contributed by atoms with Gasteiger partial charge >= 0.3 is 0 Å². The number of nitro groups is 1. The standard InChI is InChI=1S/C18H18ClN3O3/c1-13-2-4-14(5-3-13)20-8-10-21(11-9-20)18(23)16-12-15(22(24)25)6-7-17(16)19/h2-7,12H,8-11H2,1H3. The molecule has 1 aliphatic heterocycles. The Labute approximate surface area is 150 Å². The quantitative estimate of drug-likeness (QED) is 0.621. The van der Waals surface area contributed by atoms with E-state index in [2.05, 4.69) is 29.2 Å². The van der Waals surface area contributed by atoms with E-state index in [0.29, 0.717) is 26.2 Å². The molecule has 1 amide bonds. The van der Waals surface area contributed by atoms with Crippen LogP contribution < -0.4 is 4.90 Å². The van der Waals surface area contributed by atoms with Crippen molar-refractivity contribution in [3.05, 3.63) is 68.7 Å². The van der Waals surface area contributed by atoms with E-state index in [9.17, 15) is 14.9 Å². The summed E-state index contributed by atoms with van der Waals surface area (Å²) in [5, 5.41) is 11.2. The Morgan fingerprint density at radius 3 is 2.32 bits per heavy atom. The maximum absolute atomic E-state index is 12.7. The number of halogens is 1. The predicted octanol–water partition coefficient (Wildman–Crippen LogP) is 3.52. The molecule has 0 aliphatic carbocycles. The third kappa shape index (κ3) is 3.74. The number of carbonyl (C=O) groups is 1. The van der Waals surface area contributed by atoms with Crippen LogP contribution in [0.3, 0.4) is 0 Å². The molecule has 1 heterocycles. The number of aryl methyl sites for hydroxylation is 1. The maximum atomic E-state index is 12.7. The molecule has 3 rings (SSSR count). The lowest BCUT2D eigenvalue weighted by atomic mass is 10.1. The van der Waals surface area contributed by atoms with Crippen LogP contribution in [0.1, 0.15) is 15.9 Å². The number of benzene rings is 2.